The molecule has 170 valence electrons. The van der Waals surface area contributed by atoms with Crippen molar-refractivity contribution in [3.05, 3.63) is 48.3 Å². The molecule has 10 heteroatoms. The van der Waals surface area contributed by atoms with Crippen LogP contribution in [0.3, 0.4) is 0 Å². The molecule has 0 bridgehead atoms. The summed E-state index contributed by atoms with van der Waals surface area (Å²) in [4.78, 5) is 4.05. The molecule has 0 amide bonds. The third-order valence-electron chi connectivity index (χ3n) is 5.49. The summed E-state index contributed by atoms with van der Waals surface area (Å²) in [6.07, 6.45) is 8.75. The minimum Gasteiger partial charge on any atom is -0.385 e. The summed E-state index contributed by atoms with van der Waals surface area (Å²) in [5.74, 6) is 2.77. The quantitative estimate of drug-likeness (QED) is 0.300. The molecule has 4 rings (SSSR count). The summed E-state index contributed by atoms with van der Waals surface area (Å²) in [5.41, 5.74) is 3.17. The van der Waals surface area contributed by atoms with Gasteiger partial charge in [-0.3, -0.25) is 4.98 Å². The van der Waals surface area contributed by atoms with Gasteiger partial charge >= 0.3 is 10.1 Å². The topological polar surface area (TPSA) is 99.0 Å². The number of hydrogen-bond acceptors (Lipinski definition) is 8. The number of nitrogens with zero attached hydrogens (tertiary/aromatic N) is 4. The second-order valence-electron chi connectivity index (χ2n) is 7.98. The van der Waals surface area contributed by atoms with Crippen molar-refractivity contribution in [3.63, 3.8) is 0 Å². The van der Waals surface area contributed by atoms with E-state index in [0.29, 0.717) is 11.7 Å². The molecule has 0 fully saturated rings. The van der Waals surface area contributed by atoms with Crippen LogP contribution in [0, 0.1) is 5.92 Å². The Bertz CT molecular complexity index is 1170. The summed E-state index contributed by atoms with van der Waals surface area (Å²) in [7, 11) is -1.52. The van der Waals surface area contributed by atoms with Crippen LogP contribution in [0.4, 0.5) is 5.69 Å². The molecule has 1 atom stereocenters. The third kappa shape index (κ3) is 5.80. The zero-order valence-corrected chi connectivity index (χ0v) is 19.8. The molecule has 0 spiro atoms. The highest BCUT2D eigenvalue weighted by Crippen LogP contribution is 2.30. The van der Waals surface area contributed by atoms with Crippen molar-refractivity contribution in [2.75, 3.05) is 23.9 Å². The first-order chi connectivity index (χ1) is 15.4. The molecule has 0 saturated heterocycles. The van der Waals surface area contributed by atoms with E-state index in [1.807, 2.05) is 35.9 Å². The fourth-order valence-corrected chi connectivity index (χ4v) is 5.19. The summed E-state index contributed by atoms with van der Waals surface area (Å²) in [6.45, 7) is 0.917. The van der Waals surface area contributed by atoms with Crippen molar-refractivity contribution in [2.24, 2.45) is 13.0 Å². The molecule has 8 nitrogen and oxygen atoms in total. The zero-order valence-electron chi connectivity index (χ0n) is 18.2. The maximum absolute atomic E-state index is 11.4. The fourth-order valence-electron chi connectivity index (χ4n) is 3.87. The van der Waals surface area contributed by atoms with E-state index in [0.717, 1.165) is 72.0 Å². The van der Waals surface area contributed by atoms with E-state index in [9.17, 15) is 8.42 Å². The highest BCUT2D eigenvalue weighted by molar-refractivity contribution is 7.99. The Morgan fingerprint density at radius 2 is 2.03 bits per heavy atom. The molecule has 32 heavy (non-hydrogen) atoms. The fraction of sp³-hybridized carbons (Fsp3) is 0.409. The van der Waals surface area contributed by atoms with E-state index < -0.39 is 10.1 Å². The number of benzene rings is 1. The standard InChI is InChI=1S/C22H27N5O3S2/c1-27-21(17-9-11-23-12-10-17)25-26-22(27)31-13-3-4-16-5-6-18-14-19(30-32(2,28)29)7-8-20(18)24-15-16/h7-12,14,16,24H,3-6,13,15H2,1-2H3. The second-order valence-corrected chi connectivity index (χ2v) is 10.6. The highest BCUT2D eigenvalue weighted by atomic mass is 32.2. The Labute approximate surface area is 192 Å². The number of aryl methyl sites for hydroxylation is 1. The first-order valence-electron chi connectivity index (χ1n) is 10.6. The Balaban J connectivity index is 1.26. The molecule has 3 heterocycles. The first-order valence-corrected chi connectivity index (χ1v) is 13.4. The zero-order chi connectivity index (χ0) is 22.6. The average molecular weight is 474 g/mol. The molecule has 2 aromatic heterocycles. The number of nitrogens with one attached hydrogen (secondary N) is 1. The molecule has 3 aromatic rings. The normalized spacial score (nSPS) is 16.1. The molecule has 0 aliphatic carbocycles. The monoisotopic (exact) mass is 473 g/mol. The van der Waals surface area contributed by atoms with Crippen LogP contribution in [-0.4, -0.2) is 46.7 Å². The Hall–Kier alpha value is -2.59. The van der Waals surface area contributed by atoms with Crippen LogP contribution in [0.2, 0.25) is 0 Å². The smallest absolute Gasteiger partial charge is 0.306 e. The van der Waals surface area contributed by atoms with Crippen LogP contribution in [0.1, 0.15) is 24.8 Å². The largest absolute Gasteiger partial charge is 0.385 e. The van der Waals surface area contributed by atoms with Gasteiger partial charge in [0.25, 0.3) is 0 Å². The highest BCUT2D eigenvalue weighted by Gasteiger charge is 2.17. The Morgan fingerprint density at radius 1 is 1.22 bits per heavy atom. The van der Waals surface area contributed by atoms with Crippen molar-refractivity contribution >= 4 is 27.6 Å². The lowest BCUT2D eigenvalue weighted by Gasteiger charge is -2.14. The Morgan fingerprint density at radius 3 is 2.81 bits per heavy atom. The lowest BCUT2D eigenvalue weighted by Crippen LogP contribution is -2.12. The number of aromatic nitrogens is 4. The van der Waals surface area contributed by atoms with Crippen LogP contribution < -0.4 is 9.50 Å². The SMILES string of the molecule is Cn1c(SCCCC2CCc3cc(OS(C)(=O)=O)ccc3NC2)nnc1-c1ccncc1. The molecular formula is C22H27N5O3S2. The lowest BCUT2D eigenvalue weighted by atomic mass is 9.97. The van der Waals surface area contributed by atoms with Crippen molar-refractivity contribution in [1.29, 1.82) is 0 Å². The molecule has 1 aromatic carbocycles. The molecule has 1 aliphatic heterocycles. The summed E-state index contributed by atoms with van der Waals surface area (Å²) >= 11 is 1.73. The van der Waals surface area contributed by atoms with E-state index in [1.165, 1.54) is 0 Å². The van der Waals surface area contributed by atoms with E-state index >= 15 is 0 Å². The minimum absolute atomic E-state index is 0.373. The number of thioether (sulfide) groups is 1. The van der Waals surface area contributed by atoms with Crippen LogP contribution in [0.5, 0.6) is 5.75 Å². The van der Waals surface area contributed by atoms with Crippen molar-refractivity contribution < 1.29 is 12.6 Å². The van der Waals surface area contributed by atoms with Crippen molar-refractivity contribution in [2.45, 2.75) is 30.8 Å². The van der Waals surface area contributed by atoms with Gasteiger partial charge in [-0.1, -0.05) is 11.8 Å². The third-order valence-corrected chi connectivity index (χ3v) is 7.09. The molecule has 1 unspecified atom stereocenters. The number of anilines is 1. The van der Waals surface area contributed by atoms with Gasteiger partial charge in [-0.15, -0.1) is 10.2 Å². The van der Waals surface area contributed by atoms with Crippen molar-refractivity contribution in [1.82, 2.24) is 19.7 Å². The first kappa shape index (κ1) is 22.6. The van der Waals surface area contributed by atoms with Crippen LogP contribution in [0.25, 0.3) is 11.4 Å². The number of rotatable bonds is 8. The van der Waals surface area contributed by atoms with E-state index in [4.69, 9.17) is 4.18 Å². The molecular weight excluding hydrogens is 446 g/mol. The van der Waals surface area contributed by atoms with Gasteiger partial charge < -0.3 is 14.1 Å². The predicted octanol–water partition coefficient (Wildman–Crippen LogP) is 3.76. The Kier molecular flexibility index (Phi) is 7.00. The van der Waals surface area contributed by atoms with E-state index in [2.05, 4.69) is 20.5 Å². The lowest BCUT2D eigenvalue weighted by molar-refractivity contribution is 0.475. The van der Waals surface area contributed by atoms with Gasteiger partial charge in [0.1, 0.15) is 5.75 Å². The molecule has 0 saturated carbocycles. The van der Waals surface area contributed by atoms with Crippen LogP contribution >= 0.6 is 11.8 Å². The van der Waals surface area contributed by atoms with Gasteiger partial charge in [0.2, 0.25) is 0 Å². The summed E-state index contributed by atoms with van der Waals surface area (Å²) in [6, 6.07) is 9.31. The predicted molar refractivity (Wildman–Crippen MR) is 126 cm³/mol. The maximum Gasteiger partial charge on any atom is 0.306 e. The summed E-state index contributed by atoms with van der Waals surface area (Å²) in [5, 5.41) is 13.1. The van der Waals surface area contributed by atoms with E-state index in [1.54, 1.807) is 30.2 Å². The molecule has 1 aliphatic rings. The van der Waals surface area contributed by atoms with Gasteiger partial charge in [-0.2, -0.15) is 8.42 Å². The number of fused-ring (bicyclic) bond motifs is 1. The average Bonchev–Trinajstić information content (AvgIpc) is 3.00. The van der Waals surface area contributed by atoms with Gasteiger partial charge in [-0.25, -0.2) is 0 Å². The van der Waals surface area contributed by atoms with Gasteiger partial charge in [-0.05, 0) is 67.5 Å². The summed E-state index contributed by atoms with van der Waals surface area (Å²) < 4.78 is 29.8. The number of hydrogen-bond donors (Lipinski definition) is 1. The van der Waals surface area contributed by atoms with Crippen LogP contribution in [0.15, 0.2) is 47.9 Å². The van der Waals surface area contributed by atoms with Gasteiger partial charge in [0.15, 0.2) is 11.0 Å². The van der Waals surface area contributed by atoms with Gasteiger partial charge in [0, 0.05) is 43.0 Å². The molecule has 0 radical (unpaired) electrons. The number of pyridine rings is 1. The van der Waals surface area contributed by atoms with E-state index in [-0.39, 0.29) is 0 Å². The minimum atomic E-state index is -3.52. The van der Waals surface area contributed by atoms with Gasteiger partial charge in [0.05, 0.1) is 6.26 Å². The maximum atomic E-state index is 11.4. The van der Waals surface area contributed by atoms with Crippen molar-refractivity contribution in [3.8, 4) is 17.1 Å². The molecule has 1 N–H and O–H groups in total. The van der Waals surface area contributed by atoms with Crippen LogP contribution in [-0.2, 0) is 23.6 Å². The second kappa shape index (κ2) is 9.91.